The number of methoxy groups -OCH3 is 1. The number of nitrogens with zero attached hydrogens (tertiary/aromatic N) is 4. The Labute approximate surface area is 308 Å². The average molecular weight is 708 g/mol. The van der Waals surface area contributed by atoms with Crippen molar-refractivity contribution in [2.45, 2.75) is 51.7 Å². The normalized spacial score (nSPS) is 18.4. The van der Waals surface area contributed by atoms with Gasteiger partial charge in [0.05, 0.1) is 54.9 Å². The number of aryl methyl sites for hydroxylation is 2. The van der Waals surface area contributed by atoms with E-state index in [1.807, 2.05) is 56.0 Å². The largest absolute Gasteiger partial charge is 0.493 e. The van der Waals surface area contributed by atoms with Gasteiger partial charge in [-0.2, -0.15) is 0 Å². The maximum atomic E-state index is 13.7. The van der Waals surface area contributed by atoms with Crippen molar-refractivity contribution in [2.75, 3.05) is 20.3 Å². The van der Waals surface area contributed by atoms with Gasteiger partial charge in [0.1, 0.15) is 5.75 Å². The van der Waals surface area contributed by atoms with E-state index >= 15 is 0 Å². The van der Waals surface area contributed by atoms with Crippen molar-refractivity contribution in [1.82, 2.24) is 9.80 Å². The molecule has 2 atom stereocenters. The molecular weight excluding hydrogens is 667 g/mol. The summed E-state index contributed by atoms with van der Waals surface area (Å²) in [6, 6.07) is 23.4. The van der Waals surface area contributed by atoms with Gasteiger partial charge in [0, 0.05) is 62.8 Å². The molecule has 4 heterocycles. The molecule has 2 N–H and O–H groups in total. The van der Waals surface area contributed by atoms with E-state index in [2.05, 4.69) is 43.3 Å². The van der Waals surface area contributed by atoms with Crippen molar-refractivity contribution >= 4 is 46.8 Å². The van der Waals surface area contributed by atoms with Crippen LogP contribution >= 0.6 is 0 Å². The van der Waals surface area contributed by atoms with Crippen molar-refractivity contribution in [3.63, 3.8) is 0 Å². The zero-order valence-electron chi connectivity index (χ0n) is 30.0. The summed E-state index contributed by atoms with van der Waals surface area (Å²) in [5, 5.41) is 0. The number of ether oxygens (including phenoxy) is 3. The molecule has 10 nitrogen and oxygen atoms in total. The van der Waals surface area contributed by atoms with Crippen LogP contribution in [0.4, 0.5) is 11.4 Å². The molecule has 0 saturated heterocycles. The number of amides is 2. The molecule has 0 radical (unpaired) electrons. The second kappa shape index (κ2) is 14.2. The number of rotatable bonds is 10. The molecule has 0 saturated carbocycles. The lowest BCUT2D eigenvalue weighted by Crippen LogP contribution is -2.32. The zero-order chi connectivity index (χ0) is 36.6. The van der Waals surface area contributed by atoms with Crippen LogP contribution in [0.2, 0.25) is 0 Å². The fourth-order valence-corrected chi connectivity index (χ4v) is 7.20. The Morgan fingerprint density at radius 2 is 1.23 bits per heavy atom. The summed E-state index contributed by atoms with van der Waals surface area (Å²) in [6.45, 7) is 5.23. The maximum Gasteiger partial charge on any atom is 0.260 e. The summed E-state index contributed by atoms with van der Waals surface area (Å²) in [6.07, 6.45) is 9.54. The molecule has 8 rings (SSSR count). The number of fused-ring (bicyclic) bond motifs is 4. The fourth-order valence-electron chi connectivity index (χ4n) is 7.20. The number of carbonyl (C=O) groups is 2. The van der Waals surface area contributed by atoms with Gasteiger partial charge in [-0.15, -0.1) is 0 Å². The SMILES string of the molecule is COc1cc2c(cc1OCCCOc1cc3c(cc1C)C(=O)N1C=C(c4ccc(CN)cc4)C[C@H]1C=N3)N=C[C@@H]1CC(c3ccc(C)cc3)=CN1C2=O. The first-order chi connectivity index (χ1) is 25.8. The molecule has 4 aromatic carbocycles. The van der Waals surface area contributed by atoms with Gasteiger partial charge in [-0.1, -0.05) is 54.1 Å². The van der Waals surface area contributed by atoms with E-state index < -0.39 is 0 Å². The quantitative estimate of drug-likeness (QED) is 0.170. The molecule has 0 spiro atoms. The summed E-state index contributed by atoms with van der Waals surface area (Å²) in [5.74, 6) is 1.44. The minimum Gasteiger partial charge on any atom is -0.493 e. The van der Waals surface area contributed by atoms with E-state index in [-0.39, 0.29) is 23.9 Å². The monoisotopic (exact) mass is 707 g/mol. The Hall–Kier alpha value is -6.00. The third kappa shape index (κ3) is 6.62. The van der Waals surface area contributed by atoms with Crippen LogP contribution in [-0.2, 0) is 6.54 Å². The van der Waals surface area contributed by atoms with Gasteiger partial charge in [-0.05, 0) is 59.4 Å². The van der Waals surface area contributed by atoms with Crippen molar-refractivity contribution < 1.29 is 23.8 Å². The summed E-state index contributed by atoms with van der Waals surface area (Å²) < 4.78 is 17.9. The van der Waals surface area contributed by atoms with Gasteiger partial charge in [0.25, 0.3) is 11.8 Å². The van der Waals surface area contributed by atoms with E-state index in [9.17, 15) is 9.59 Å². The predicted molar refractivity (Wildman–Crippen MR) is 207 cm³/mol. The molecule has 0 aromatic heterocycles. The van der Waals surface area contributed by atoms with Crippen molar-refractivity contribution in [3.8, 4) is 17.2 Å². The lowest BCUT2D eigenvalue weighted by Gasteiger charge is -2.19. The van der Waals surface area contributed by atoms with E-state index in [1.54, 1.807) is 29.0 Å². The Bertz CT molecular complexity index is 2220. The van der Waals surface area contributed by atoms with Crippen molar-refractivity contribution in [2.24, 2.45) is 15.7 Å². The van der Waals surface area contributed by atoms with Gasteiger partial charge in [0.2, 0.25) is 0 Å². The number of benzene rings is 4. The van der Waals surface area contributed by atoms with Gasteiger partial charge in [-0.25, -0.2) is 0 Å². The highest BCUT2D eigenvalue weighted by Gasteiger charge is 2.35. The van der Waals surface area contributed by atoms with Crippen molar-refractivity contribution in [3.05, 3.63) is 124 Å². The summed E-state index contributed by atoms with van der Waals surface area (Å²) in [5.41, 5.74) is 15.4. The van der Waals surface area contributed by atoms with Crippen LogP contribution < -0.4 is 19.9 Å². The molecule has 10 heteroatoms. The standard InChI is InChI=1S/C43H41N5O5/c1-26-5-9-29(10-6-26)31-16-34-23-46-38-20-41(40(51-3)18-36(38)43(50)48(34)24-31)53-14-4-13-52-39-19-37-35(15-27(39)2)42(49)47-25-32(17-33(47)22-45-37)30-11-7-28(21-44)8-12-30/h5-12,15,18-20,22-25,33-34H,4,13-14,16-17,21,44H2,1-3H3/t33-,34-/m0/s1. The first-order valence-electron chi connectivity index (χ1n) is 17.9. The van der Waals surface area contributed by atoms with Crippen LogP contribution in [0.1, 0.15) is 67.8 Å². The second-order valence-electron chi connectivity index (χ2n) is 13.8. The number of aliphatic imine (C=N–C) groups is 2. The van der Waals surface area contributed by atoms with Crippen LogP contribution in [0.25, 0.3) is 11.1 Å². The highest BCUT2D eigenvalue weighted by atomic mass is 16.5. The highest BCUT2D eigenvalue weighted by Crippen LogP contribution is 2.40. The van der Waals surface area contributed by atoms with E-state index in [4.69, 9.17) is 29.9 Å². The third-order valence-electron chi connectivity index (χ3n) is 10.2. The van der Waals surface area contributed by atoms with Gasteiger partial charge >= 0.3 is 0 Å². The van der Waals surface area contributed by atoms with Crippen LogP contribution in [0.15, 0.2) is 95.2 Å². The lowest BCUT2D eigenvalue weighted by atomic mass is 10.0. The molecule has 4 aromatic rings. The second-order valence-corrected chi connectivity index (χ2v) is 13.8. The van der Waals surface area contributed by atoms with Crippen LogP contribution in [0.3, 0.4) is 0 Å². The predicted octanol–water partition coefficient (Wildman–Crippen LogP) is 7.56. The molecule has 2 amide bonds. The molecule has 268 valence electrons. The summed E-state index contributed by atoms with van der Waals surface area (Å²) in [4.78, 5) is 40.4. The van der Waals surface area contributed by atoms with Crippen LogP contribution in [0, 0.1) is 13.8 Å². The first kappa shape index (κ1) is 34.1. The average Bonchev–Trinajstić information content (AvgIpc) is 3.76. The molecule has 4 aliphatic heterocycles. The van der Waals surface area contributed by atoms with Crippen LogP contribution in [-0.4, -0.2) is 66.5 Å². The number of carbonyl (C=O) groups excluding carboxylic acids is 2. The Morgan fingerprint density at radius 1 is 0.698 bits per heavy atom. The third-order valence-corrected chi connectivity index (χ3v) is 10.2. The minimum atomic E-state index is -0.161. The molecule has 53 heavy (non-hydrogen) atoms. The van der Waals surface area contributed by atoms with E-state index in [0.29, 0.717) is 78.8 Å². The van der Waals surface area contributed by atoms with Gasteiger partial charge in [0.15, 0.2) is 11.5 Å². The highest BCUT2D eigenvalue weighted by molar-refractivity contribution is 6.06. The fraction of sp³-hybridized carbons (Fsp3) is 0.256. The van der Waals surface area contributed by atoms with Crippen LogP contribution in [0.5, 0.6) is 17.2 Å². The number of nitrogens with two attached hydrogens (primary N) is 1. The molecule has 0 unspecified atom stereocenters. The van der Waals surface area contributed by atoms with E-state index in [1.165, 1.54) is 5.56 Å². The van der Waals surface area contributed by atoms with Gasteiger partial charge in [-0.3, -0.25) is 19.6 Å². The number of hydrogen-bond donors (Lipinski definition) is 1. The first-order valence-corrected chi connectivity index (χ1v) is 17.9. The smallest absolute Gasteiger partial charge is 0.260 e. The summed E-state index contributed by atoms with van der Waals surface area (Å²) in [7, 11) is 1.56. The minimum absolute atomic E-state index is 0.0799. The van der Waals surface area contributed by atoms with E-state index in [0.717, 1.165) is 33.4 Å². The summed E-state index contributed by atoms with van der Waals surface area (Å²) >= 11 is 0. The molecule has 0 aliphatic carbocycles. The lowest BCUT2D eigenvalue weighted by molar-refractivity contribution is 0.0809. The molecular formula is C43H41N5O5. The van der Waals surface area contributed by atoms with Gasteiger partial charge < -0.3 is 29.7 Å². The Kier molecular flexibility index (Phi) is 9.14. The Balaban J connectivity index is 0.896. The zero-order valence-corrected chi connectivity index (χ0v) is 30.0. The van der Waals surface area contributed by atoms with Crippen molar-refractivity contribution in [1.29, 1.82) is 0 Å². The Morgan fingerprint density at radius 3 is 1.79 bits per heavy atom. The molecule has 0 fully saturated rings. The maximum absolute atomic E-state index is 13.7. The molecule has 0 bridgehead atoms. The number of hydrogen-bond acceptors (Lipinski definition) is 8. The topological polar surface area (TPSA) is 119 Å². The molecule has 4 aliphatic rings.